The van der Waals surface area contributed by atoms with Crippen molar-refractivity contribution < 1.29 is 9.13 Å². The number of halogens is 1. The molecular weight excluding hydrogens is 233 g/mol. The lowest BCUT2D eigenvalue weighted by Gasteiger charge is -2.36. The monoisotopic (exact) mass is 253 g/mol. The van der Waals surface area contributed by atoms with E-state index in [4.69, 9.17) is 10.6 Å². The van der Waals surface area contributed by atoms with Crippen LogP contribution in [0.1, 0.15) is 37.8 Å². The third-order valence-corrected chi connectivity index (χ3v) is 3.49. The molecule has 18 heavy (non-hydrogen) atoms. The first-order chi connectivity index (χ1) is 8.72. The van der Waals surface area contributed by atoms with Crippen molar-refractivity contribution in [2.24, 2.45) is 11.8 Å². The molecule has 1 atom stereocenters. The highest BCUT2D eigenvalue weighted by Gasteiger charge is 2.31. The van der Waals surface area contributed by atoms with E-state index >= 15 is 0 Å². The maximum atomic E-state index is 13.1. The molecular formula is C13H20FN3O. The topological polar surface area (TPSA) is 60.2 Å². The summed E-state index contributed by atoms with van der Waals surface area (Å²) < 4.78 is 18.6. The van der Waals surface area contributed by atoms with Gasteiger partial charge in [-0.1, -0.05) is 0 Å². The molecule has 0 aromatic carbocycles. The fourth-order valence-corrected chi connectivity index (χ4v) is 2.49. The van der Waals surface area contributed by atoms with Crippen LogP contribution < -0.4 is 11.3 Å². The lowest BCUT2D eigenvalue weighted by molar-refractivity contribution is -0.0291. The second-order valence-corrected chi connectivity index (χ2v) is 4.81. The Kier molecular flexibility index (Phi) is 4.63. The molecule has 4 nitrogen and oxygen atoms in total. The van der Waals surface area contributed by atoms with Crippen LogP contribution in [0.4, 0.5) is 4.39 Å². The van der Waals surface area contributed by atoms with E-state index in [0.717, 1.165) is 31.4 Å². The van der Waals surface area contributed by atoms with Gasteiger partial charge in [0.1, 0.15) is 5.82 Å². The molecule has 1 unspecified atom stereocenters. The van der Waals surface area contributed by atoms with E-state index in [1.807, 2.05) is 6.92 Å². The Balaban J connectivity index is 1.87. The van der Waals surface area contributed by atoms with E-state index in [2.05, 4.69) is 10.4 Å². The van der Waals surface area contributed by atoms with Gasteiger partial charge in [-0.2, -0.15) is 0 Å². The van der Waals surface area contributed by atoms with E-state index in [9.17, 15) is 4.39 Å². The molecule has 0 spiro atoms. The van der Waals surface area contributed by atoms with Gasteiger partial charge in [0.05, 0.1) is 12.3 Å². The van der Waals surface area contributed by atoms with Crippen LogP contribution in [0.25, 0.3) is 0 Å². The van der Waals surface area contributed by atoms with Gasteiger partial charge in [-0.05, 0) is 43.7 Å². The van der Waals surface area contributed by atoms with Crippen LogP contribution in [0.5, 0.6) is 0 Å². The van der Waals surface area contributed by atoms with E-state index < -0.39 is 0 Å². The number of nitrogens with one attached hydrogen (secondary N) is 1. The predicted molar refractivity (Wildman–Crippen MR) is 67.0 cm³/mol. The Labute approximate surface area is 107 Å². The SMILES string of the molecule is CCOC1CC(CC(NN)c2cncc(F)c2)C1. The fourth-order valence-electron chi connectivity index (χ4n) is 2.49. The number of hydrazine groups is 1. The first kappa shape index (κ1) is 13.4. The number of hydrogen-bond donors (Lipinski definition) is 2. The zero-order valence-corrected chi connectivity index (χ0v) is 10.6. The Morgan fingerprint density at radius 2 is 2.33 bits per heavy atom. The minimum Gasteiger partial charge on any atom is -0.378 e. The number of hydrogen-bond acceptors (Lipinski definition) is 4. The minimum absolute atomic E-state index is 0.0409. The van der Waals surface area contributed by atoms with E-state index in [0.29, 0.717) is 12.0 Å². The number of ether oxygens (including phenoxy) is 1. The predicted octanol–water partition coefficient (Wildman–Crippen LogP) is 1.93. The van der Waals surface area contributed by atoms with Gasteiger partial charge in [-0.15, -0.1) is 0 Å². The lowest BCUT2D eigenvalue weighted by atomic mass is 9.77. The van der Waals surface area contributed by atoms with Crippen molar-refractivity contribution in [3.8, 4) is 0 Å². The van der Waals surface area contributed by atoms with Crippen LogP contribution >= 0.6 is 0 Å². The molecule has 3 N–H and O–H groups in total. The molecule has 0 amide bonds. The summed E-state index contributed by atoms with van der Waals surface area (Å²) in [5.74, 6) is 5.81. The summed E-state index contributed by atoms with van der Waals surface area (Å²) in [6, 6.07) is 1.44. The molecule has 1 saturated carbocycles. The van der Waals surface area contributed by atoms with Gasteiger partial charge in [0.25, 0.3) is 0 Å². The third kappa shape index (κ3) is 3.25. The number of rotatable bonds is 6. The summed E-state index contributed by atoms with van der Waals surface area (Å²) in [5.41, 5.74) is 3.55. The minimum atomic E-state index is -0.325. The molecule has 0 bridgehead atoms. The van der Waals surface area contributed by atoms with Crippen LogP contribution in [0.15, 0.2) is 18.5 Å². The Morgan fingerprint density at radius 1 is 1.56 bits per heavy atom. The third-order valence-electron chi connectivity index (χ3n) is 3.49. The highest BCUT2D eigenvalue weighted by atomic mass is 19.1. The summed E-state index contributed by atoms with van der Waals surface area (Å²) >= 11 is 0. The highest BCUT2D eigenvalue weighted by Crippen LogP contribution is 2.36. The Morgan fingerprint density at radius 3 is 2.94 bits per heavy atom. The molecule has 2 rings (SSSR count). The second kappa shape index (κ2) is 6.22. The summed E-state index contributed by atoms with van der Waals surface area (Å²) in [6.45, 7) is 2.78. The molecule has 5 heteroatoms. The molecule has 1 aromatic rings. The van der Waals surface area contributed by atoms with Crippen molar-refractivity contribution in [3.05, 3.63) is 29.8 Å². The normalized spacial score (nSPS) is 24.6. The van der Waals surface area contributed by atoms with Gasteiger partial charge < -0.3 is 4.74 Å². The van der Waals surface area contributed by atoms with Gasteiger partial charge in [-0.3, -0.25) is 16.3 Å². The summed E-state index contributed by atoms with van der Waals surface area (Å²) in [5, 5.41) is 0. The van der Waals surface area contributed by atoms with Crippen molar-refractivity contribution in [2.75, 3.05) is 6.61 Å². The fraction of sp³-hybridized carbons (Fsp3) is 0.615. The van der Waals surface area contributed by atoms with Crippen LogP contribution in [-0.2, 0) is 4.74 Å². The molecule has 1 heterocycles. The summed E-state index contributed by atoms with van der Waals surface area (Å²) in [4.78, 5) is 3.85. The van der Waals surface area contributed by atoms with Crippen molar-refractivity contribution in [1.82, 2.24) is 10.4 Å². The zero-order valence-electron chi connectivity index (χ0n) is 10.6. The van der Waals surface area contributed by atoms with Crippen molar-refractivity contribution >= 4 is 0 Å². The van der Waals surface area contributed by atoms with E-state index in [-0.39, 0.29) is 11.9 Å². The van der Waals surface area contributed by atoms with E-state index in [1.54, 1.807) is 6.20 Å². The molecule has 1 aliphatic rings. The molecule has 0 saturated heterocycles. The van der Waals surface area contributed by atoms with Crippen LogP contribution in [0.3, 0.4) is 0 Å². The molecule has 1 aromatic heterocycles. The number of aromatic nitrogens is 1. The summed E-state index contributed by atoms with van der Waals surface area (Å²) in [7, 11) is 0. The zero-order chi connectivity index (χ0) is 13.0. The van der Waals surface area contributed by atoms with E-state index in [1.165, 1.54) is 12.3 Å². The van der Waals surface area contributed by atoms with Crippen molar-refractivity contribution in [2.45, 2.75) is 38.3 Å². The smallest absolute Gasteiger partial charge is 0.141 e. The van der Waals surface area contributed by atoms with Gasteiger partial charge >= 0.3 is 0 Å². The number of nitrogens with zero attached hydrogens (tertiary/aromatic N) is 1. The molecule has 0 radical (unpaired) electrons. The average molecular weight is 253 g/mol. The summed E-state index contributed by atoms with van der Waals surface area (Å²) in [6.07, 6.45) is 6.27. The van der Waals surface area contributed by atoms with Crippen LogP contribution in [-0.4, -0.2) is 17.7 Å². The van der Waals surface area contributed by atoms with Gasteiger partial charge in [0.2, 0.25) is 0 Å². The van der Waals surface area contributed by atoms with Crippen molar-refractivity contribution in [3.63, 3.8) is 0 Å². The molecule has 100 valence electrons. The molecule has 1 fully saturated rings. The highest BCUT2D eigenvalue weighted by molar-refractivity contribution is 5.15. The molecule has 0 aliphatic heterocycles. The number of nitrogens with two attached hydrogens (primary N) is 1. The maximum Gasteiger partial charge on any atom is 0.141 e. The van der Waals surface area contributed by atoms with Crippen LogP contribution in [0.2, 0.25) is 0 Å². The Hall–Kier alpha value is -1.04. The first-order valence-electron chi connectivity index (χ1n) is 6.41. The quantitative estimate of drug-likeness (QED) is 0.601. The molecule has 1 aliphatic carbocycles. The van der Waals surface area contributed by atoms with Gasteiger partial charge in [0, 0.05) is 18.8 Å². The van der Waals surface area contributed by atoms with Gasteiger partial charge in [0.15, 0.2) is 0 Å². The Bertz CT molecular complexity index is 382. The number of pyridine rings is 1. The van der Waals surface area contributed by atoms with Gasteiger partial charge in [-0.25, -0.2) is 4.39 Å². The lowest BCUT2D eigenvalue weighted by Crippen LogP contribution is -2.36. The standard InChI is InChI=1S/C13H20FN3O/c1-2-18-12-3-9(4-12)5-13(17-15)10-6-11(14)8-16-7-10/h6-9,12-13,17H,2-5,15H2,1H3. The van der Waals surface area contributed by atoms with Crippen molar-refractivity contribution in [1.29, 1.82) is 0 Å². The maximum absolute atomic E-state index is 13.1. The first-order valence-corrected chi connectivity index (χ1v) is 6.41. The average Bonchev–Trinajstić information content (AvgIpc) is 2.32. The largest absolute Gasteiger partial charge is 0.378 e. The van der Waals surface area contributed by atoms with Crippen LogP contribution in [0, 0.1) is 11.7 Å². The second-order valence-electron chi connectivity index (χ2n) is 4.81.